The van der Waals surface area contributed by atoms with Crippen molar-refractivity contribution in [2.45, 2.75) is 12.1 Å². The number of anilines is 1. The molecule has 0 atom stereocenters. The number of amidine groups is 1. The van der Waals surface area contributed by atoms with E-state index in [9.17, 15) is 4.79 Å². The first-order chi connectivity index (χ1) is 14.6. The Morgan fingerprint density at radius 1 is 1.23 bits per heavy atom. The van der Waals surface area contributed by atoms with Gasteiger partial charge in [-0.2, -0.15) is 0 Å². The minimum Gasteiger partial charge on any atom is -0.308 e. The molecule has 0 fully saturated rings. The summed E-state index contributed by atoms with van der Waals surface area (Å²) < 4.78 is 1.54. The number of aryl methyl sites for hydroxylation is 1. The molecule has 0 amide bonds. The van der Waals surface area contributed by atoms with E-state index in [-0.39, 0.29) is 5.56 Å². The zero-order valence-corrected chi connectivity index (χ0v) is 17.9. The van der Waals surface area contributed by atoms with Crippen molar-refractivity contribution >= 4 is 46.7 Å². The normalized spacial score (nSPS) is 14.8. The Hall–Kier alpha value is -2.97. The largest absolute Gasteiger partial charge is 0.308 e. The van der Waals surface area contributed by atoms with Crippen LogP contribution in [0.25, 0.3) is 17.3 Å². The maximum absolute atomic E-state index is 12.4. The number of halogens is 1. The van der Waals surface area contributed by atoms with Crippen LogP contribution in [0.1, 0.15) is 16.8 Å². The second kappa shape index (κ2) is 7.37. The second-order valence-corrected chi connectivity index (χ2v) is 8.08. The Morgan fingerprint density at radius 2 is 2.10 bits per heavy atom. The molecule has 2 aliphatic rings. The van der Waals surface area contributed by atoms with Gasteiger partial charge in [0.1, 0.15) is 17.3 Å². The van der Waals surface area contributed by atoms with Crippen LogP contribution in [0, 0.1) is 6.92 Å². The standard InChI is InChI=1S/C21H17ClN6OS/c1-12-20(29)27(7-5-23-12)14-3-4-15(17(22)10-14)16-9-13-11-25-21(30-2)26-18(13)28-8-6-24-19(16)28/h3-5,7,9-11H,6,8H2,1-2H3. The molecule has 0 saturated heterocycles. The first-order valence-corrected chi connectivity index (χ1v) is 11.0. The molecule has 7 nitrogen and oxygen atoms in total. The fourth-order valence-electron chi connectivity index (χ4n) is 3.67. The van der Waals surface area contributed by atoms with Crippen molar-refractivity contribution in [2.75, 3.05) is 24.2 Å². The smallest absolute Gasteiger partial charge is 0.276 e. The quantitative estimate of drug-likeness (QED) is 0.462. The summed E-state index contributed by atoms with van der Waals surface area (Å²) in [6.07, 6.45) is 9.07. The fraction of sp³-hybridized carbons (Fsp3) is 0.190. The third kappa shape index (κ3) is 3.03. The Kier molecular flexibility index (Phi) is 4.67. The van der Waals surface area contributed by atoms with Crippen molar-refractivity contribution in [1.29, 1.82) is 0 Å². The van der Waals surface area contributed by atoms with E-state index in [0.29, 0.717) is 22.9 Å². The van der Waals surface area contributed by atoms with Crippen LogP contribution in [0.3, 0.4) is 0 Å². The molecule has 30 heavy (non-hydrogen) atoms. The van der Waals surface area contributed by atoms with Crippen LogP contribution >= 0.6 is 23.4 Å². The van der Waals surface area contributed by atoms with E-state index in [1.54, 1.807) is 30.0 Å². The number of thioether (sulfide) groups is 1. The number of rotatable bonds is 3. The molecule has 1 aromatic carbocycles. The van der Waals surface area contributed by atoms with Gasteiger partial charge in [0.05, 0.1) is 17.3 Å². The molecule has 150 valence electrons. The maximum Gasteiger partial charge on any atom is 0.276 e. The van der Waals surface area contributed by atoms with E-state index in [4.69, 9.17) is 16.6 Å². The van der Waals surface area contributed by atoms with Crippen molar-refractivity contribution < 1.29 is 0 Å². The number of hydrogen-bond donors (Lipinski definition) is 0. The molecule has 0 bridgehead atoms. The van der Waals surface area contributed by atoms with Crippen molar-refractivity contribution in [3.63, 3.8) is 0 Å². The number of aliphatic imine (C=N–C) groups is 1. The highest BCUT2D eigenvalue weighted by Gasteiger charge is 2.31. The molecule has 3 aromatic rings. The van der Waals surface area contributed by atoms with Crippen molar-refractivity contribution in [3.05, 3.63) is 69.0 Å². The lowest BCUT2D eigenvalue weighted by Crippen LogP contribution is -2.32. The highest BCUT2D eigenvalue weighted by Crippen LogP contribution is 2.38. The minimum absolute atomic E-state index is 0.166. The summed E-state index contributed by atoms with van der Waals surface area (Å²) in [7, 11) is 0. The lowest BCUT2D eigenvalue weighted by Gasteiger charge is -2.27. The summed E-state index contributed by atoms with van der Waals surface area (Å²) >= 11 is 8.20. The van der Waals surface area contributed by atoms with Crippen LogP contribution in [0.15, 0.2) is 51.7 Å². The minimum atomic E-state index is -0.166. The zero-order chi connectivity index (χ0) is 20.8. The van der Waals surface area contributed by atoms with Crippen LogP contribution in [0.4, 0.5) is 5.82 Å². The third-order valence-corrected chi connectivity index (χ3v) is 6.00. The van der Waals surface area contributed by atoms with Crippen LogP contribution in [0.5, 0.6) is 0 Å². The Morgan fingerprint density at radius 3 is 2.90 bits per heavy atom. The van der Waals surface area contributed by atoms with E-state index in [1.165, 1.54) is 11.8 Å². The molecule has 0 N–H and O–H groups in total. The van der Waals surface area contributed by atoms with E-state index in [0.717, 1.165) is 40.1 Å². The van der Waals surface area contributed by atoms with Gasteiger partial charge in [0.2, 0.25) is 0 Å². The van der Waals surface area contributed by atoms with Gasteiger partial charge in [-0.3, -0.25) is 19.3 Å². The topological polar surface area (TPSA) is 76.3 Å². The molecule has 0 spiro atoms. The summed E-state index contributed by atoms with van der Waals surface area (Å²) in [4.78, 5) is 32.4. The lowest BCUT2D eigenvalue weighted by atomic mass is 9.98. The lowest BCUT2D eigenvalue weighted by molar-refractivity contribution is 0.918. The predicted octanol–water partition coefficient (Wildman–Crippen LogP) is 3.48. The van der Waals surface area contributed by atoms with Crippen LogP contribution in [0.2, 0.25) is 5.02 Å². The first-order valence-electron chi connectivity index (χ1n) is 9.36. The Balaban J connectivity index is 1.62. The van der Waals surface area contributed by atoms with Gasteiger partial charge < -0.3 is 4.90 Å². The summed E-state index contributed by atoms with van der Waals surface area (Å²) in [5, 5.41) is 1.28. The first kappa shape index (κ1) is 19.0. The number of hydrogen-bond acceptors (Lipinski definition) is 7. The SMILES string of the molecule is CSc1ncc2c(n1)N1CCN=C1C(c1ccc(-n3ccnc(C)c3=O)cc1Cl)=C2. The van der Waals surface area contributed by atoms with Gasteiger partial charge in [0.25, 0.3) is 5.56 Å². The molecular weight excluding hydrogens is 420 g/mol. The number of fused-ring (bicyclic) bond motifs is 3. The van der Waals surface area contributed by atoms with E-state index in [1.807, 2.05) is 30.7 Å². The summed E-state index contributed by atoms with van der Waals surface area (Å²) in [6, 6.07) is 5.60. The van der Waals surface area contributed by atoms with Crippen molar-refractivity contribution in [1.82, 2.24) is 19.5 Å². The highest BCUT2D eigenvalue weighted by atomic mass is 35.5. The number of nitrogens with zero attached hydrogens (tertiary/aromatic N) is 6. The molecular formula is C21H17ClN6OS. The third-order valence-electron chi connectivity index (χ3n) is 5.13. The van der Waals surface area contributed by atoms with Crippen molar-refractivity contribution in [3.8, 4) is 5.69 Å². The van der Waals surface area contributed by atoms with E-state index < -0.39 is 0 Å². The molecule has 4 heterocycles. The zero-order valence-electron chi connectivity index (χ0n) is 16.3. The van der Waals surface area contributed by atoms with Gasteiger partial charge in [0.15, 0.2) is 5.16 Å². The highest BCUT2D eigenvalue weighted by molar-refractivity contribution is 7.98. The van der Waals surface area contributed by atoms with Crippen LogP contribution in [-0.2, 0) is 0 Å². The molecule has 2 aromatic heterocycles. The van der Waals surface area contributed by atoms with Gasteiger partial charge in [-0.15, -0.1) is 0 Å². The van der Waals surface area contributed by atoms with Gasteiger partial charge >= 0.3 is 0 Å². The molecule has 0 radical (unpaired) electrons. The summed E-state index contributed by atoms with van der Waals surface area (Å²) in [5.41, 5.74) is 3.67. The van der Waals surface area contributed by atoms with Crippen LogP contribution in [-0.4, -0.2) is 44.7 Å². The van der Waals surface area contributed by atoms with Crippen LogP contribution < -0.4 is 10.5 Å². The number of benzene rings is 1. The predicted molar refractivity (Wildman–Crippen MR) is 121 cm³/mol. The monoisotopic (exact) mass is 436 g/mol. The van der Waals surface area contributed by atoms with Gasteiger partial charge in [-0.1, -0.05) is 29.4 Å². The molecule has 0 saturated carbocycles. The molecule has 0 unspecified atom stereocenters. The molecule has 2 aliphatic heterocycles. The average Bonchev–Trinajstić information content (AvgIpc) is 3.25. The fourth-order valence-corrected chi connectivity index (χ4v) is 4.28. The van der Waals surface area contributed by atoms with E-state index in [2.05, 4.69) is 19.9 Å². The van der Waals surface area contributed by atoms with Gasteiger partial charge in [0, 0.05) is 41.8 Å². The summed E-state index contributed by atoms with van der Waals surface area (Å²) in [6.45, 7) is 3.16. The molecule has 0 aliphatic carbocycles. The Bertz CT molecular complexity index is 1300. The molecule has 5 rings (SSSR count). The van der Waals surface area contributed by atoms with E-state index >= 15 is 0 Å². The second-order valence-electron chi connectivity index (χ2n) is 6.90. The maximum atomic E-state index is 12.4. The van der Waals surface area contributed by atoms with Crippen molar-refractivity contribution in [2.24, 2.45) is 4.99 Å². The van der Waals surface area contributed by atoms with Gasteiger partial charge in [-0.05, 0) is 31.4 Å². The molecule has 9 heteroatoms. The average molecular weight is 437 g/mol. The summed E-state index contributed by atoms with van der Waals surface area (Å²) in [5.74, 6) is 1.74. The van der Waals surface area contributed by atoms with Gasteiger partial charge in [-0.25, -0.2) is 9.97 Å². The Labute approximate surface area is 182 Å². The number of aromatic nitrogens is 4.